The van der Waals surface area contributed by atoms with E-state index in [0.29, 0.717) is 31.6 Å². The van der Waals surface area contributed by atoms with E-state index in [1.165, 1.54) is 257 Å². The van der Waals surface area contributed by atoms with E-state index < -0.39 is 97.5 Å². The summed E-state index contributed by atoms with van der Waals surface area (Å²) in [5.74, 6) is -1.43. The van der Waals surface area contributed by atoms with Gasteiger partial charge in [0.2, 0.25) is 0 Å². The third-order valence-electron chi connectivity index (χ3n) is 19.3. The molecule has 2 unspecified atom stereocenters. The maximum Gasteiger partial charge on any atom is 0.472 e. The van der Waals surface area contributed by atoms with Crippen molar-refractivity contribution in [3.8, 4) is 0 Å². The zero-order valence-electron chi connectivity index (χ0n) is 66.1. The van der Waals surface area contributed by atoms with Crippen LogP contribution in [0.1, 0.15) is 439 Å². The number of phosphoric acid groups is 2. The van der Waals surface area contributed by atoms with Crippen LogP contribution in [0.25, 0.3) is 0 Å². The van der Waals surface area contributed by atoms with Crippen LogP contribution in [0.15, 0.2) is 0 Å². The molecule has 101 heavy (non-hydrogen) atoms. The fourth-order valence-electron chi connectivity index (χ4n) is 12.8. The van der Waals surface area contributed by atoms with Crippen LogP contribution in [0.4, 0.5) is 0 Å². The lowest BCUT2D eigenvalue weighted by molar-refractivity contribution is -0.161. The van der Waals surface area contributed by atoms with Crippen LogP contribution in [0, 0.1) is 5.92 Å². The Kier molecular flexibility index (Phi) is 73.5. The minimum Gasteiger partial charge on any atom is -0.462 e. The van der Waals surface area contributed by atoms with E-state index in [2.05, 4.69) is 34.6 Å². The molecule has 0 radical (unpaired) electrons. The van der Waals surface area contributed by atoms with Crippen molar-refractivity contribution in [3.05, 3.63) is 0 Å². The van der Waals surface area contributed by atoms with Gasteiger partial charge in [-0.25, -0.2) is 9.13 Å². The molecule has 0 aliphatic carbocycles. The number of esters is 4. The molecule has 3 N–H and O–H groups in total. The minimum absolute atomic E-state index is 0.106. The molecule has 17 nitrogen and oxygen atoms in total. The first-order chi connectivity index (χ1) is 49.0. The van der Waals surface area contributed by atoms with Crippen molar-refractivity contribution in [1.29, 1.82) is 0 Å². The maximum absolute atomic E-state index is 13.1. The number of phosphoric ester groups is 2. The largest absolute Gasteiger partial charge is 0.472 e. The Morgan fingerprint density at radius 3 is 0.673 bits per heavy atom. The SMILES string of the molecule is CCCCCCCCCCCCCCCCCCCCCCCC(=O)O[C@H](COC(=O)CCCCCCCCCCCCCCCCCCCCCC)COP(=O)(O)OC[C@@H](O)COP(=O)(O)OC[C@@H](COC(=O)CCCCCCCCC(C)C)OC(=O)CCCCCCCCCCCCC. The predicted octanol–water partition coefficient (Wildman–Crippen LogP) is 24.8. The fraction of sp³-hybridized carbons (Fsp3) is 0.951. The maximum atomic E-state index is 13.1. The molecule has 5 atom stereocenters. The van der Waals surface area contributed by atoms with E-state index in [9.17, 15) is 43.2 Å². The van der Waals surface area contributed by atoms with Crippen LogP contribution >= 0.6 is 15.6 Å². The second-order valence-corrected chi connectivity index (χ2v) is 32.9. The van der Waals surface area contributed by atoms with Crippen LogP contribution in [0.2, 0.25) is 0 Å². The highest BCUT2D eigenvalue weighted by atomic mass is 31.2. The monoisotopic (exact) mass is 1480 g/mol. The summed E-state index contributed by atoms with van der Waals surface area (Å²) < 4.78 is 68.6. The Balaban J connectivity index is 5.17. The van der Waals surface area contributed by atoms with E-state index in [4.69, 9.17) is 37.0 Å². The van der Waals surface area contributed by atoms with Crippen molar-refractivity contribution < 1.29 is 80.2 Å². The number of hydrogen-bond donors (Lipinski definition) is 3. The number of aliphatic hydroxyl groups excluding tert-OH is 1. The Morgan fingerprint density at radius 2 is 0.455 bits per heavy atom. The van der Waals surface area contributed by atoms with Gasteiger partial charge in [0.1, 0.15) is 19.3 Å². The Labute approximate surface area is 619 Å². The molecule has 19 heteroatoms. The van der Waals surface area contributed by atoms with E-state index in [-0.39, 0.29) is 25.7 Å². The second kappa shape index (κ2) is 74.9. The van der Waals surface area contributed by atoms with Crippen molar-refractivity contribution in [2.45, 2.75) is 457 Å². The molecular formula is C82H160O17P2. The van der Waals surface area contributed by atoms with Crippen LogP contribution in [-0.4, -0.2) is 96.7 Å². The summed E-state index contributed by atoms with van der Waals surface area (Å²) >= 11 is 0. The lowest BCUT2D eigenvalue weighted by atomic mass is 10.0. The predicted molar refractivity (Wildman–Crippen MR) is 414 cm³/mol. The molecular weight excluding hydrogens is 1320 g/mol. The molecule has 0 rings (SSSR count). The summed E-state index contributed by atoms with van der Waals surface area (Å²) in [5.41, 5.74) is 0. The van der Waals surface area contributed by atoms with Crippen molar-refractivity contribution in [1.82, 2.24) is 0 Å². The molecule has 0 aromatic heterocycles. The number of hydrogen-bond acceptors (Lipinski definition) is 15. The highest BCUT2D eigenvalue weighted by Crippen LogP contribution is 2.45. The summed E-state index contributed by atoms with van der Waals surface area (Å²) in [6.07, 6.45) is 67.0. The molecule has 0 amide bonds. The van der Waals surface area contributed by atoms with E-state index in [1.807, 2.05) is 0 Å². The Bertz CT molecular complexity index is 1930. The van der Waals surface area contributed by atoms with E-state index in [0.717, 1.165) is 96.3 Å². The number of aliphatic hydroxyl groups is 1. The summed E-state index contributed by atoms with van der Waals surface area (Å²) in [4.78, 5) is 72.9. The van der Waals surface area contributed by atoms with Gasteiger partial charge in [0, 0.05) is 25.7 Å². The van der Waals surface area contributed by atoms with Crippen molar-refractivity contribution in [3.63, 3.8) is 0 Å². The average molecular weight is 1480 g/mol. The quantitative estimate of drug-likeness (QED) is 0.0222. The fourth-order valence-corrected chi connectivity index (χ4v) is 14.3. The average Bonchev–Trinajstić information content (AvgIpc) is 0.941. The van der Waals surface area contributed by atoms with Gasteiger partial charge in [0.05, 0.1) is 26.4 Å². The van der Waals surface area contributed by atoms with Gasteiger partial charge in [-0.3, -0.25) is 37.3 Å². The summed E-state index contributed by atoms with van der Waals surface area (Å²) in [6, 6.07) is 0. The van der Waals surface area contributed by atoms with Gasteiger partial charge in [-0.2, -0.15) is 0 Å². The molecule has 0 spiro atoms. The lowest BCUT2D eigenvalue weighted by Gasteiger charge is -2.21. The van der Waals surface area contributed by atoms with Crippen LogP contribution in [0.5, 0.6) is 0 Å². The number of rotatable bonds is 82. The third-order valence-corrected chi connectivity index (χ3v) is 21.2. The number of ether oxygens (including phenoxy) is 4. The van der Waals surface area contributed by atoms with Gasteiger partial charge in [0.15, 0.2) is 12.2 Å². The van der Waals surface area contributed by atoms with Gasteiger partial charge in [-0.05, 0) is 31.6 Å². The zero-order chi connectivity index (χ0) is 74.1. The summed E-state index contributed by atoms with van der Waals surface area (Å²) in [7, 11) is -9.92. The Morgan fingerprint density at radius 1 is 0.267 bits per heavy atom. The van der Waals surface area contributed by atoms with E-state index in [1.54, 1.807) is 0 Å². The standard InChI is InChI=1S/C82H160O17P2/c1-6-9-12-15-18-21-24-26-28-30-32-34-36-38-40-42-45-48-51-58-63-68-82(87)98-77(71-92-79(84)65-60-55-49-46-44-41-39-37-35-33-31-29-27-25-22-19-16-13-10-7-2)73-96-100(88,89)94-69-76(83)70-95-101(90,91)97-74-78(72-93-80(85)66-61-56-53-52-54-59-64-75(4)5)99-81(86)67-62-57-50-47-43-23-20-17-14-11-8-3/h75-78,83H,6-74H2,1-5H3,(H,88,89)(H,90,91)/t76-,77-,78-/m1/s1. The number of carbonyl (C=O) groups is 4. The topological polar surface area (TPSA) is 237 Å². The molecule has 0 aliphatic rings. The van der Waals surface area contributed by atoms with Gasteiger partial charge >= 0.3 is 39.5 Å². The molecule has 600 valence electrons. The Hall–Kier alpha value is -1.94. The second-order valence-electron chi connectivity index (χ2n) is 30.0. The highest BCUT2D eigenvalue weighted by Gasteiger charge is 2.30. The number of carbonyl (C=O) groups excluding carboxylic acids is 4. The molecule has 0 aromatic rings. The normalized spacial score (nSPS) is 13.8. The first-order valence-electron chi connectivity index (χ1n) is 42.6. The summed E-state index contributed by atoms with van der Waals surface area (Å²) in [6.45, 7) is 7.24. The lowest BCUT2D eigenvalue weighted by Crippen LogP contribution is -2.30. The van der Waals surface area contributed by atoms with Crippen molar-refractivity contribution in [2.75, 3.05) is 39.6 Å². The van der Waals surface area contributed by atoms with Gasteiger partial charge in [-0.1, -0.05) is 388 Å². The smallest absolute Gasteiger partial charge is 0.462 e. The van der Waals surface area contributed by atoms with E-state index >= 15 is 0 Å². The van der Waals surface area contributed by atoms with Crippen LogP contribution in [-0.2, 0) is 65.4 Å². The van der Waals surface area contributed by atoms with Crippen LogP contribution in [0.3, 0.4) is 0 Å². The molecule has 0 aromatic carbocycles. The molecule has 0 aliphatic heterocycles. The molecule has 0 saturated heterocycles. The van der Waals surface area contributed by atoms with Gasteiger partial charge < -0.3 is 33.8 Å². The summed E-state index contributed by atoms with van der Waals surface area (Å²) in [5, 5.41) is 10.6. The van der Waals surface area contributed by atoms with Crippen LogP contribution < -0.4 is 0 Å². The molecule has 0 saturated carbocycles. The molecule has 0 bridgehead atoms. The first kappa shape index (κ1) is 99.1. The molecule has 0 heterocycles. The van der Waals surface area contributed by atoms with Gasteiger partial charge in [-0.15, -0.1) is 0 Å². The molecule has 0 fully saturated rings. The minimum atomic E-state index is -4.96. The van der Waals surface area contributed by atoms with Crippen molar-refractivity contribution in [2.24, 2.45) is 5.92 Å². The zero-order valence-corrected chi connectivity index (χ0v) is 67.8. The van der Waals surface area contributed by atoms with Crippen molar-refractivity contribution >= 4 is 39.5 Å². The van der Waals surface area contributed by atoms with Gasteiger partial charge in [0.25, 0.3) is 0 Å². The first-order valence-corrected chi connectivity index (χ1v) is 45.6. The third kappa shape index (κ3) is 76.1. The highest BCUT2D eigenvalue weighted by molar-refractivity contribution is 7.47. The number of unbranched alkanes of at least 4 members (excludes halogenated alkanes) is 54.